The molecule has 1 N–H and O–H groups in total. The van der Waals surface area contributed by atoms with Gasteiger partial charge in [-0.15, -0.1) is 24.8 Å². The second-order valence-corrected chi connectivity index (χ2v) is 9.34. The zero-order chi connectivity index (χ0) is 22.5. The van der Waals surface area contributed by atoms with Crippen LogP contribution in [0.25, 0.3) is 0 Å². The molecule has 34 heavy (non-hydrogen) atoms. The van der Waals surface area contributed by atoms with E-state index in [0.29, 0.717) is 12.1 Å². The van der Waals surface area contributed by atoms with E-state index in [9.17, 15) is 9.59 Å². The highest BCUT2D eigenvalue weighted by molar-refractivity contribution is 5.95. The van der Waals surface area contributed by atoms with Crippen molar-refractivity contribution in [3.05, 3.63) is 69.6 Å². The van der Waals surface area contributed by atoms with Gasteiger partial charge < -0.3 is 19.7 Å². The first-order valence-electron chi connectivity index (χ1n) is 12.0. The van der Waals surface area contributed by atoms with E-state index in [2.05, 4.69) is 29.4 Å². The Morgan fingerprint density at radius 2 is 1.68 bits per heavy atom. The van der Waals surface area contributed by atoms with Gasteiger partial charge in [0.05, 0.1) is 0 Å². The first-order valence-corrected chi connectivity index (χ1v) is 12.0. The molecule has 0 radical (unpaired) electrons. The molecule has 2 aliphatic heterocycles. The van der Waals surface area contributed by atoms with E-state index in [1.807, 2.05) is 46.9 Å². The van der Waals surface area contributed by atoms with Crippen molar-refractivity contribution < 1.29 is 4.79 Å². The van der Waals surface area contributed by atoms with Crippen LogP contribution >= 0.6 is 24.8 Å². The summed E-state index contributed by atoms with van der Waals surface area (Å²) in [5, 5.41) is 3.36. The molecule has 0 saturated carbocycles. The number of amides is 1. The number of benzene rings is 1. The molecule has 1 amide bonds. The number of aromatic nitrogens is 1. The maximum absolute atomic E-state index is 13.9. The van der Waals surface area contributed by atoms with E-state index < -0.39 is 0 Å². The molecule has 0 unspecified atom stereocenters. The molecule has 1 aromatic heterocycles. The zero-order valence-electron chi connectivity index (χ0n) is 20.2. The van der Waals surface area contributed by atoms with Gasteiger partial charge >= 0.3 is 0 Å². The van der Waals surface area contributed by atoms with E-state index in [0.717, 1.165) is 63.8 Å². The predicted molar refractivity (Wildman–Crippen MR) is 143 cm³/mol. The SMILES string of the molecule is Cc1ccn(C2CCNCC2)c(=O)c1C(=O)N(CCc1ccccc1)C1CCN(C)CC1.Cl.Cl. The average molecular weight is 510 g/mol. The highest BCUT2D eigenvalue weighted by atomic mass is 35.5. The van der Waals surface area contributed by atoms with Crippen molar-refractivity contribution in [3.63, 3.8) is 0 Å². The molecular formula is C26H38Cl2N4O2. The fourth-order valence-electron chi connectivity index (χ4n) is 5.07. The molecular weight excluding hydrogens is 471 g/mol. The smallest absolute Gasteiger partial charge is 0.263 e. The lowest BCUT2D eigenvalue weighted by molar-refractivity contribution is 0.0591. The number of hydrogen-bond acceptors (Lipinski definition) is 4. The number of pyridine rings is 1. The molecule has 8 heteroatoms. The number of halogens is 2. The number of carbonyl (C=O) groups excluding carboxylic acids is 1. The molecule has 3 heterocycles. The summed E-state index contributed by atoms with van der Waals surface area (Å²) in [6.07, 6.45) is 6.42. The number of likely N-dealkylation sites (tertiary alicyclic amines) is 1. The molecule has 0 spiro atoms. The molecule has 4 rings (SSSR count). The number of aryl methyl sites for hydroxylation is 1. The number of rotatable bonds is 6. The van der Waals surface area contributed by atoms with Crippen LogP contribution in [0.3, 0.4) is 0 Å². The summed E-state index contributed by atoms with van der Waals surface area (Å²) in [6.45, 7) is 6.31. The molecule has 188 valence electrons. The van der Waals surface area contributed by atoms with Gasteiger partial charge in [0.15, 0.2) is 0 Å². The van der Waals surface area contributed by atoms with Gasteiger partial charge in [0.2, 0.25) is 0 Å². The largest absolute Gasteiger partial charge is 0.335 e. The van der Waals surface area contributed by atoms with Gasteiger partial charge in [-0.1, -0.05) is 30.3 Å². The maximum atomic E-state index is 13.9. The Hall–Kier alpha value is -1.86. The van der Waals surface area contributed by atoms with Crippen molar-refractivity contribution in [2.75, 3.05) is 39.8 Å². The summed E-state index contributed by atoms with van der Waals surface area (Å²) in [5.41, 5.74) is 2.23. The molecule has 1 aromatic carbocycles. The summed E-state index contributed by atoms with van der Waals surface area (Å²) >= 11 is 0. The minimum atomic E-state index is -0.125. The Kier molecular flexibility index (Phi) is 11.1. The Morgan fingerprint density at radius 3 is 2.32 bits per heavy atom. The Labute approximate surface area is 215 Å². The number of carbonyl (C=O) groups is 1. The Bertz CT molecular complexity index is 969. The molecule has 2 saturated heterocycles. The third-order valence-electron chi connectivity index (χ3n) is 7.12. The average Bonchev–Trinajstić information content (AvgIpc) is 2.82. The first kappa shape index (κ1) is 28.4. The highest BCUT2D eigenvalue weighted by Gasteiger charge is 2.30. The van der Waals surface area contributed by atoms with Gasteiger partial charge in [0, 0.05) is 24.8 Å². The fourth-order valence-corrected chi connectivity index (χ4v) is 5.07. The van der Waals surface area contributed by atoms with Crippen LogP contribution in [0, 0.1) is 6.92 Å². The highest BCUT2D eigenvalue weighted by Crippen LogP contribution is 2.21. The maximum Gasteiger partial charge on any atom is 0.263 e. The third-order valence-corrected chi connectivity index (χ3v) is 7.12. The van der Waals surface area contributed by atoms with Crippen molar-refractivity contribution in [3.8, 4) is 0 Å². The van der Waals surface area contributed by atoms with Crippen LogP contribution in [0.5, 0.6) is 0 Å². The normalized spacial score (nSPS) is 17.5. The van der Waals surface area contributed by atoms with Crippen molar-refractivity contribution in [1.29, 1.82) is 0 Å². The summed E-state index contributed by atoms with van der Waals surface area (Å²) in [6, 6.07) is 12.6. The van der Waals surface area contributed by atoms with Crippen molar-refractivity contribution in [2.24, 2.45) is 0 Å². The van der Waals surface area contributed by atoms with Crippen LogP contribution in [0.15, 0.2) is 47.4 Å². The zero-order valence-corrected chi connectivity index (χ0v) is 21.9. The Morgan fingerprint density at radius 1 is 1.03 bits per heavy atom. The number of hydrogen-bond donors (Lipinski definition) is 1. The molecule has 0 aliphatic carbocycles. The summed E-state index contributed by atoms with van der Waals surface area (Å²) < 4.78 is 1.81. The molecule has 2 aromatic rings. The van der Waals surface area contributed by atoms with E-state index in [1.54, 1.807) is 0 Å². The summed E-state index contributed by atoms with van der Waals surface area (Å²) in [4.78, 5) is 31.8. The number of nitrogens with zero attached hydrogens (tertiary/aromatic N) is 3. The first-order chi connectivity index (χ1) is 15.5. The molecule has 0 bridgehead atoms. The summed E-state index contributed by atoms with van der Waals surface area (Å²) in [5.74, 6) is -0.0960. The van der Waals surface area contributed by atoms with Gasteiger partial charge in [0.1, 0.15) is 5.56 Å². The van der Waals surface area contributed by atoms with Gasteiger partial charge in [-0.3, -0.25) is 9.59 Å². The lowest BCUT2D eigenvalue weighted by Crippen LogP contribution is -2.49. The second kappa shape index (κ2) is 13.3. The van der Waals surface area contributed by atoms with Crippen LogP contribution < -0.4 is 10.9 Å². The Balaban J connectivity index is 0.00000204. The minimum Gasteiger partial charge on any atom is -0.335 e. The van der Waals surface area contributed by atoms with E-state index in [-0.39, 0.29) is 48.4 Å². The lowest BCUT2D eigenvalue weighted by atomic mass is 10.00. The minimum absolute atomic E-state index is 0. The molecule has 6 nitrogen and oxygen atoms in total. The van der Waals surface area contributed by atoms with Crippen molar-refractivity contribution >= 4 is 30.7 Å². The van der Waals surface area contributed by atoms with Crippen LogP contribution in [0.4, 0.5) is 0 Å². The van der Waals surface area contributed by atoms with Gasteiger partial charge in [-0.25, -0.2) is 0 Å². The van der Waals surface area contributed by atoms with Gasteiger partial charge in [-0.05, 0) is 89.4 Å². The van der Waals surface area contributed by atoms with E-state index in [4.69, 9.17) is 0 Å². The second-order valence-electron chi connectivity index (χ2n) is 9.34. The van der Waals surface area contributed by atoms with Gasteiger partial charge in [0.25, 0.3) is 11.5 Å². The number of piperidine rings is 2. The predicted octanol–water partition coefficient (Wildman–Crippen LogP) is 3.70. The van der Waals surface area contributed by atoms with E-state index in [1.165, 1.54) is 5.56 Å². The standard InChI is InChI=1S/C26H36N4O2.2ClH/c1-20-10-18-29(22-8-14-27-15-9-22)25(31)24(20)26(32)30(23-12-16-28(2)17-13-23)19-11-21-6-4-3-5-7-21;;/h3-7,10,18,22-23,27H,8-9,11-17,19H2,1-2H3;2*1H. The topological polar surface area (TPSA) is 57.6 Å². The summed E-state index contributed by atoms with van der Waals surface area (Å²) in [7, 11) is 2.13. The van der Waals surface area contributed by atoms with Crippen molar-refractivity contribution in [1.82, 2.24) is 19.7 Å². The molecule has 2 fully saturated rings. The van der Waals surface area contributed by atoms with E-state index >= 15 is 0 Å². The van der Waals surface area contributed by atoms with Crippen LogP contribution in [0.2, 0.25) is 0 Å². The lowest BCUT2D eigenvalue weighted by Gasteiger charge is -2.37. The molecule has 0 atom stereocenters. The van der Waals surface area contributed by atoms with Crippen LogP contribution in [0.1, 0.15) is 53.2 Å². The number of nitrogens with one attached hydrogen (secondary N) is 1. The monoisotopic (exact) mass is 508 g/mol. The fraction of sp³-hybridized carbons (Fsp3) is 0.538. The van der Waals surface area contributed by atoms with Crippen LogP contribution in [-0.4, -0.2) is 66.1 Å². The van der Waals surface area contributed by atoms with Crippen LogP contribution in [-0.2, 0) is 6.42 Å². The molecule has 2 aliphatic rings. The third kappa shape index (κ3) is 6.63. The van der Waals surface area contributed by atoms with Gasteiger partial charge in [-0.2, -0.15) is 0 Å². The quantitative estimate of drug-likeness (QED) is 0.646. The van der Waals surface area contributed by atoms with Crippen molar-refractivity contribution in [2.45, 2.75) is 51.1 Å².